The molecule has 0 heterocycles. The van der Waals surface area contributed by atoms with Crippen LogP contribution < -0.4 is 5.11 Å². The molecule has 1 aliphatic carbocycles. The van der Waals surface area contributed by atoms with E-state index in [1.54, 1.807) is 12.1 Å². The molecular formula is C11H11O-. The maximum absolute atomic E-state index is 11.4. The SMILES string of the molecule is [O-]c1ccccc1C1C=CCC1. The van der Waals surface area contributed by atoms with Gasteiger partial charge >= 0.3 is 0 Å². The highest BCUT2D eigenvalue weighted by Gasteiger charge is 2.10. The average Bonchev–Trinajstić information content (AvgIpc) is 2.57. The standard InChI is InChI=1S/C11H12O/c12-11-8-4-3-7-10(11)9-5-1-2-6-9/h1,3-5,7-9,12H,2,6H2/p-1. The fraction of sp³-hybridized carbons (Fsp3) is 0.273. The van der Waals surface area contributed by atoms with Crippen molar-refractivity contribution < 1.29 is 5.11 Å². The van der Waals surface area contributed by atoms with Gasteiger partial charge in [-0.2, -0.15) is 0 Å². The first-order valence-electron chi connectivity index (χ1n) is 4.30. The lowest BCUT2D eigenvalue weighted by molar-refractivity contribution is -0.269. The largest absolute Gasteiger partial charge is 0.872 e. The first kappa shape index (κ1) is 7.41. The van der Waals surface area contributed by atoms with Gasteiger partial charge in [-0.05, 0) is 18.4 Å². The van der Waals surface area contributed by atoms with Crippen LogP contribution in [0.3, 0.4) is 0 Å². The van der Waals surface area contributed by atoms with Crippen LogP contribution in [0.2, 0.25) is 0 Å². The Balaban J connectivity index is 2.33. The van der Waals surface area contributed by atoms with Gasteiger partial charge in [-0.25, -0.2) is 0 Å². The zero-order chi connectivity index (χ0) is 8.39. The number of hydrogen-bond acceptors (Lipinski definition) is 1. The smallest absolute Gasteiger partial charge is 0.00148 e. The molecule has 0 spiro atoms. The molecule has 1 nitrogen and oxygen atoms in total. The summed E-state index contributed by atoms with van der Waals surface area (Å²) in [6, 6.07) is 7.30. The fourth-order valence-corrected chi connectivity index (χ4v) is 1.68. The molecule has 0 aromatic heterocycles. The van der Waals surface area contributed by atoms with E-state index in [9.17, 15) is 5.11 Å². The van der Waals surface area contributed by atoms with E-state index in [1.165, 1.54) is 0 Å². The Hall–Kier alpha value is -1.24. The molecule has 1 aliphatic rings. The van der Waals surface area contributed by atoms with Crippen LogP contribution in [-0.4, -0.2) is 0 Å². The molecule has 0 saturated carbocycles. The van der Waals surface area contributed by atoms with Crippen molar-refractivity contribution in [1.29, 1.82) is 0 Å². The summed E-state index contributed by atoms with van der Waals surface area (Å²) in [6.07, 6.45) is 6.49. The average molecular weight is 159 g/mol. The Labute approximate surface area is 72.4 Å². The number of allylic oxidation sites excluding steroid dienone is 2. The molecule has 1 heteroatoms. The topological polar surface area (TPSA) is 23.1 Å². The normalized spacial score (nSPS) is 21.5. The molecule has 0 N–H and O–H groups in total. The minimum absolute atomic E-state index is 0.175. The highest BCUT2D eigenvalue weighted by molar-refractivity contribution is 5.37. The van der Waals surface area contributed by atoms with Crippen LogP contribution in [0.5, 0.6) is 5.75 Å². The van der Waals surface area contributed by atoms with Crippen molar-refractivity contribution in [2.75, 3.05) is 0 Å². The van der Waals surface area contributed by atoms with Crippen LogP contribution in [0.25, 0.3) is 0 Å². The van der Waals surface area contributed by atoms with E-state index < -0.39 is 0 Å². The predicted molar refractivity (Wildman–Crippen MR) is 47.0 cm³/mol. The van der Waals surface area contributed by atoms with Crippen LogP contribution in [0, 0.1) is 0 Å². The lowest BCUT2D eigenvalue weighted by atomic mass is 9.98. The van der Waals surface area contributed by atoms with Crippen LogP contribution in [0.15, 0.2) is 36.4 Å². The van der Waals surface area contributed by atoms with Gasteiger partial charge in [0.25, 0.3) is 0 Å². The van der Waals surface area contributed by atoms with Crippen LogP contribution >= 0.6 is 0 Å². The van der Waals surface area contributed by atoms with Crippen molar-refractivity contribution in [3.8, 4) is 5.75 Å². The zero-order valence-corrected chi connectivity index (χ0v) is 6.86. The lowest BCUT2D eigenvalue weighted by Gasteiger charge is -2.16. The second-order valence-corrected chi connectivity index (χ2v) is 3.15. The molecule has 12 heavy (non-hydrogen) atoms. The summed E-state index contributed by atoms with van der Waals surface area (Å²) in [5.74, 6) is 0.549. The number of para-hydroxylation sites is 1. The monoisotopic (exact) mass is 159 g/mol. The summed E-state index contributed by atoms with van der Waals surface area (Å²) in [4.78, 5) is 0. The second-order valence-electron chi connectivity index (χ2n) is 3.15. The molecule has 0 fully saturated rings. The van der Waals surface area contributed by atoms with Crippen LogP contribution in [-0.2, 0) is 0 Å². The molecule has 0 aliphatic heterocycles. The van der Waals surface area contributed by atoms with Gasteiger partial charge in [-0.15, -0.1) is 5.75 Å². The van der Waals surface area contributed by atoms with Gasteiger partial charge < -0.3 is 5.11 Å². The Bertz CT molecular complexity index is 302. The summed E-state index contributed by atoms with van der Waals surface area (Å²) in [5, 5.41) is 11.4. The minimum Gasteiger partial charge on any atom is -0.872 e. The molecule has 0 radical (unpaired) electrons. The van der Waals surface area contributed by atoms with E-state index in [2.05, 4.69) is 12.2 Å². The van der Waals surface area contributed by atoms with Gasteiger partial charge in [0.2, 0.25) is 0 Å². The fourth-order valence-electron chi connectivity index (χ4n) is 1.68. The van der Waals surface area contributed by atoms with E-state index in [-0.39, 0.29) is 5.75 Å². The molecule has 1 atom stereocenters. The summed E-state index contributed by atoms with van der Waals surface area (Å²) in [7, 11) is 0. The Morgan fingerprint density at radius 3 is 2.75 bits per heavy atom. The first-order chi connectivity index (χ1) is 5.88. The van der Waals surface area contributed by atoms with Gasteiger partial charge in [-0.1, -0.05) is 36.4 Å². The third-order valence-electron chi connectivity index (χ3n) is 2.33. The van der Waals surface area contributed by atoms with Crippen molar-refractivity contribution in [3.63, 3.8) is 0 Å². The van der Waals surface area contributed by atoms with E-state index in [0.29, 0.717) is 5.92 Å². The molecule has 1 aromatic carbocycles. The molecule has 1 aromatic rings. The zero-order valence-electron chi connectivity index (χ0n) is 6.86. The van der Waals surface area contributed by atoms with Crippen LogP contribution in [0.4, 0.5) is 0 Å². The quantitative estimate of drug-likeness (QED) is 0.576. The minimum atomic E-state index is 0.175. The van der Waals surface area contributed by atoms with Gasteiger partial charge in [0.05, 0.1) is 0 Å². The van der Waals surface area contributed by atoms with Crippen molar-refractivity contribution in [2.24, 2.45) is 0 Å². The van der Waals surface area contributed by atoms with Crippen molar-refractivity contribution in [1.82, 2.24) is 0 Å². The van der Waals surface area contributed by atoms with Crippen molar-refractivity contribution >= 4 is 0 Å². The molecule has 0 bridgehead atoms. The molecule has 0 amide bonds. The molecule has 2 rings (SSSR count). The summed E-state index contributed by atoms with van der Waals surface area (Å²) in [5.41, 5.74) is 0.950. The lowest BCUT2D eigenvalue weighted by Crippen LogP contribution is -1.99. The van der Waals surface area contributed by atoms with Gasteiger partial charge in [0.15, 0.2) is 0 Å². The molecule has 0 saturated heterocycles. The summed E-state index contributed by atoms with van der Waals surface area (Å²) in [6.45, 7) is 0. The van der Waals surface area contributed by atoms with Crippen LogP contribution in [0.1, 0.15) is 24.3 Å². The second kappa shape index (κ2) is 3.02. The van der Waals surface area contributed by atoms with E-state index in [1.807, 2.05) is 12.1 Å². The number of rotatable bonds is 1. The number of benzene rings is 1. The van der Waals surface area contributed by atoms with Gasteiger partial charge in [0, 0.05) is 5.92 Å². The van der Waals surface area contributed by atoms with E-state index in [0.717, 1.165) is 18.4 Å². The predicted octanol–water partition coefficient (Wildman–Crippen LogP) is 2.19. The highest BCUT2D eigenvalue weighted by Crippen LogP contribution is 2.32. The Kier molecular flexibility index (Phi) is 1.86. The number of hydrogen-bond donors (Lipinski definition) is 0. The summed E-state index contributed by atoms with van der Waals surface area (Å²) < 4.78 is 0. The van der Waals surface area contributed by atoms with Crippen molar-refractivity contribution in [2.45, 2.75) is 18.8 Å². The highest BCUT2D eigenvalue weighted by atomic mass is 16.3. The van der Waals surface area contributed by atoms with E-state index in [4.69, 9.17) is 0 Å². The third-order valence-corrected chi connectivity index (χ3v) is 2.33. The van der Waals surface area contributed by atoms with Crippen molar-refractivity contribution in [3.05, 3.63) is 42.0 Å². The maximum Gasteiger partial charge on any atom is 0.00148 e. The first-order valence-corrected chi connectivity index (χ1v) is 4.30. The molecule has 1 unspecified atom stereocenters. The Morgan fingerprint density at radius 2 is 2.08 bits per heavy atom. The molecule has 62 valence electrons. The summed E-state index contributed by atoms with van der Waals surface area (Å²) >= 11 is 0. The van der Waals surface area contributed by atoms with E-state index >= 15 is 0 Å². The van der Waals surface area contributed by atoms with Gasteiger partial charge in [0.1, 0.15) is 0 Å². The maximum atomic E-state index is 11.4. The molecular weight excluding hydrogens is 148 g/mol. The van der Waals surface area contributed by atoms with Gasteiger partial charge in [-0.3, -0.25) is 0 Å². The third kappa shape index (κ3) is 1.22. The Morgan fingerprint density at radius 1 is 1.25 bits per heavy atom.